The largest absolute Gasteiger partial charge is 0.481 e. The van der Waals surface area contributed by atoms with Crippen molar-refractivity contribution in [3.63, 3.8) is 0 Å². The molecule has 0 bridgehead atoms. The highest BCUT2D eigenvalue weighted by Crippen LogP contribution is 2.31. The van der Waals surface area contributed by atoms with Gasteiger partial charge in [-0.3, -0.25) is 14.4 Å². The van der Waals surface area contributed by atoms with E-state index in [9.17, 15) is 14.4 Å². The van der Waals surface area contributed by atoms with E-state index in [1.54, 1.807) is 0 Å². The summed E-state index contributed by atoms with van der Waals surface area (Å²) >= 11 is 0. The Morgan fingerprint density at radius 2 is 1.00 bits per heavy atom. The zero-order valence-corrected chi connectivity index (χ0v) is 12.2. The van der Waals surface area contributed by atoms with Gasteiger partial charge in [0.1, 0.15) is 0 Å². The molecule has 6 nitrogen and oxygen atoms in total. The van der Waals surface area contributed by atoms with Gasteiger partial charge in [-0.25, -0.2) is 0 Å². The molecule has 0 saturated carbocycles. The van der Waals surface area contributed by atoms with Crippen LogP contribution in [-0.4, -0.2) is 48.4 Å². The fourth-order valence-electron chi connectivity index (χ4n) is 1.85. The third-order valence-electron chi connectivity index (χ3n) is 3.06. The van der Waals surface area contributed by atoms with Gasteiger partial charge in [0.15, 0.2) is 0 Å². The summed E-state index contributed by atoms with van der Waals surface area (Å²) in [5.41, 5.74) is 0. The van der Waals surface area contributed by atoms with Crippen LogP contribution in [0.1, 0.15) is 0 Å². The molecule has 0 aliphatic heterocycles. The lowest BCUT2D eigenvalue weighted by Crippen LogP contribution is -2.60. The van der Waals surface area contributed by atoms with Crippen molar-refractivity contribution in [3.05, 3.63) is 0 Å². The van der Waals surface area contributed by atoms with Crippen molar-refractivity contribution >= 4 is 33.1 Å². The van der Waals surface area contributed by atoms with Gasteiger partial charge in [0.25, 0.3) is 17.9 Å². The maximum atomic E-state index is 10.9. The van der Waals surface area contributed by atoms with Crippen LogP contribution in [0.25, 0.3) is 0 Å². The van der Waals surface area contributed by atoms with Crippen LogP contribution < -0.4 is 0 Å². The summed E-state index contributed by atoms with van der Waals surface area (Å²) in [7, 11) is -4.97. The van der Waals surface area contributed by atoms with E-state index in [0.717, 1.165) is 0 Å². The molecule has 17 heavy (non-hydrogen) atoms. The first kappa shape index (κ1) is 15.8. The van der Waals surface area contributed by atoms with E-state index in [4.69, 9.17) is 15.3 Å². The maximum Gasteiger partial charge on any atom is 0.300 e. The molecular weight excluding hydrogens is 260 g/mol. The van der Waals surface area contributed by atoms with Crippen LogP contribution >= 0.6 is 0 Å². The van der Waals surface area contributed by atoms with Gasteiger partial charge >= 0.3 is 0 Å². The molecule has 0 spiro atoms. The molecule has 0 aromatic heterocycles. The predicted octanol–water partition coefficient (Wildman–Crippen LogP) is 1.11. The van der Waals surface area contributed by atoms with E-state index < -0.39 is 33.1 Å². The quantitative estimate of drug-likeness (QED) is 0.601. The van der Waals surface area contributed by atoms with Crippen LogP contribution in [0.5, 0.6) is 0 Å². The normalized spacial score (nSPS) is 12.2. The van der Waals surface area contributed by atoms with Crippen molar-refractivity contribution in [2.24, 2.45) is 0 Å². The number of aliphatic carboxylic acids is 3. The molecule has 0 saturated heterocycles. The number of carbonyl (C=O) groups is 3. The average molecular weight is 278 g/mol. The van der Waals surface area contributed by atoms with Crippen LogP contribution in [0, 0.1) is 0 Å². The molecule has 0 radical (unpaired) electrons. The van der Waals surface area contributed by atoms with Crippen molar-refractivity contribution < 1.29 is 29.7 Å². The molecule has 0 atom stereocenters. The highest BCUT2D eigenvalue weighted by molar-refractivity contribution is 7.43. The van der Waals surface area contributed by atoms with Gasteiger partial charge < -0.3 is 15.3 Å². The van der Waals surface area contributed by atoms with Crippen LogP contribution in [0.3, 0.4) is 0 Å². The van der Waals surface area contributed by atoms with Gasteiger partial charge in [-0.1, -0.05) is 19.6 Å². The van der Waals surface area contributed by atoms with Crippen LogP contribution in [-0.2, 0) is 14.4 Å². The van der Waals surface area contributed by atoms with Crippen molar-refractivity contribution in [3.8, 4) is 0 Å². The number of carboxylic acid groups (broad SMARTS) is 3. The van der Waals surface area contributed by atoms with E-state index in [-0.39, 0.29) is 18.1 Å². The summed E-state index contributed by atoms with van der Waals surface area (Å²) in [6, 6.07) is -0.829. The summed E-state index contributed by atoms with van der Waals surface area (Å²) < 4.78 is 0. The van der Waals surface area contributed by atoms with Gasteiger partial charge in [-0.15, -0.1) is 0 Å². The Kier molecular flexibility index (Phi) is 5.08. The Hall–Kier alpha value is -1.16. The van der Waals surface area contributed by atoms with Crippen molar-refractivity contribution in [1.82, 2.24) is 0 Å². The SMILES string of the molecule is C[Si](C)(C)[Si](CC(=O)O)(CC(=O)O)CC(=O)O. The molecule has 0 unspecified atom stereocenters. The lowest BCUT2D eigenvalue weighted by atomic mass is 10.8. The van der Waals surface area contributed by atoms with Gasteiger partial charge in [-0.2, -0.15) is 0 Å². The molecule has 98 valence electrons. The Labute approximate surface area is 101 Å². The molecular formula is C9H18O6Si2. The first-order valence-electron chi connectivity index (χ1n) is 5.15. The summed E-state index contributed by atoms with van der Waals surface area (Å²) in [5.74, 6) is -3.29. The molecule has 3 N–H and O–H groups in total. The second kappa shape index (κ2) is 5.45. The molecule has 0 heterocycles. The summed E-state index contributed by atoms with van der Waals surface area (Å²) in [6.07, 6.45) is 0. The third kappa shape index (κ3) is 4.69. The van der Waals surface area contributed by atoms with E-state index >= 15 is 0 Å². The fraction of sp³-hybridized carbons (Fsp3) is 0.667. The number of rotatable bonds is 7. The lowest BCUT2D eigenvalue weighted by molar-refractivity contribution is -0.134. The number of hydrogen-bond donors (Lipinski definition) is 3. The summed E-state index contributed by atoms with van der Waals surface area (Å²) in [5, 5.41) is 26.7. The van der Waals surface area contributed by atoms with Crippen LogP contribution in [0.4, 0.5) is 0 Å². The fourth-order valence-corrected chi connectivity index (χ4v) is 11.7. The first-order valence-corrected chi connectivity index (χ1v) is 12.3. The standard InChI is InChI=1S/C9H18O6Si2/c1-16(2,3)17(4-7(10)11,5-8(12)13)6-9(14)15/h4-6H2,1-3H3,(H,10,11)(H,12,13)(H,14,15). The Morgan fingerprint density at radius 1 is 0.765 bits per heavy atom. The maximum absolute atomic E-state index is 10.9. The highest BCUT2D eigenvalue weighted by Gasteiger charge is 2.50. The van der Waals surface area contributed by atoms with Crippen LogP contribution in [0.2, 0.25) is 37.8 Å². The van der Waals surface area contributed by atoms with Crippen molar-refractivity contribution in [1.29, 1.82) is 0 Å². The first-order chi connectivity index (χ1) is 7.50. The minimum absolute atomic E-state index is 0.276. The minimum atomic E-state index is -2.85. The topological polar surface area (TPSA) is 112 Å². The van der Waals surface area contributed by atoms with E-state index in [0.29, 0.717) is 0 Å². The smallest absolute Gasteiger partial charge is 0.300 e. The van der Waals surface area contributed by atoms with Gasteiger partial charge in [-0.05, 0) is 0 Å². The molecule has 0 fully saturated rings. The van der Waals surface area contributed by atoms with Gasteiger partial charge in [0, 0.05) is 25.7 Å². The van der Waals surface area contributed by atoms with Gasteiger partial charge in [0.2, 0.25) is 0 Å². The Bertz CT molecular complexity index is 292. The monoisotopic (exact) mass is 278 g/mol. The molecule has 0 rings (SSSR count). The predicted molar refractivity (Wildman–Crippen MR) is 66.4 cm³/mol. The summed E-state index contributed by atoms with van der Waals surface area (Å²) in [4.78, 5) is 32.7. The van der Waals surface area contributed by atoms with E-state index in [1.165, 1.54) is 0 Å². The molecule has 8 heteroatoms. The van der Waals surface area contributed by atoms with Crippen molar-refractivity contribution in [2.75, 3.05) is 0 Å². The van der Waals surface area contributed by atoms with E-state index in [1.807, 2.05) is 19.6 Å². The number of hydrogen-bond acceptors (Lipinski definition) is 3. The zero-order valence-electron chi connectivity index (χ0n) is 10.2. The van der Waals surface area contributed by atoms with Crippen LogP contribution in [0.15, 0.2) is 0 Å². The highest BCUT2D eigenvalue weighted by atomic mass is 29.3. The van der Waals surface area contributed by atoms with Gasteiger partial charge in [0.05, 0.1) is 7.59 Å². The Morgan fingerprint density at radius 3 is 1.12 bits per heavy atom. The molecule has 0 aromatic carbocycles. The molecule has 0 amide bonds. The molecule has 0 aliphatic carbocycles. The average Bonchev–Trinajstić information content (AvgIpc) is 1.96. The second-order valence-corrected chi connectivity index (χ2v) is 21.0. The molecule has 0 aromatic rings. The third-order valence-corrected chi connectivity index (χ3v) is 20.3. The minimum Gasteiger partial charge on any atom is -0.481 e. The lowest BCUT2D eigenvalue weighted by Gasteiger charge is -2.38. The molecule has 0 aliphatic rings. The summed E-state index contributed by atoms with van der Waals surface area (Å²) in [6.45, 7) is 5.57. The Balaban J connectivity index is 5.42. The van der Waals surface area contributed by atoms with Crippen molar-refractivity contribution in [2.45, 2.75) is 37.8 Å². The number of carboxylic acids is 3. The zero-order chi connectivity index (χ0) is 13.9. The van der Waals surface area contributed by atoms with E-state index in [2.05, 4.69) is 0 Å². The second-order valence-electron chi connectivity index (χ2n) is 5.24.